The van der Waals surface area contributed by atoms with E-state index in [0.717, 1.165) is 12.8 Å². The number of rotatable bonds is 4. The van der Waals surface area contributed by atoms with Gasteiger partial charge < -0.3 is 15.2 Å². The summed E-state index contributed by atoms with van der Waals surface area (Å²) in [6.07, 6.45) is 2.15. The molecule has 2 rings (SSSR count). The fourth-order valence-electron chi connectivity index (χ4n) is 2.12. The number of hydrogen-bond acceptors (Lipinski definition) is 3. The Kier molecular flexibility index (Phi) is 4.52. The molecule has 1 aliphatic heterocycles. The van der Waals surface area contributed by atoms with Crippen LogP contribution >= 0.6 is 0 Å². The SMILES string of the molecule is O=C(O)Cc1ccccc1NC(=O)C1CCCCO1. The van der Waals surface area contributed by atoms with Crippen molar-refractivity contribution in [2.75, 3.05) is 11.9 Å². The first-order valence-corrected chi connectivity index (χ1v) is 6.39. The van der Waals surface area contributed by atoms with Crippen LogP contribution in [0.2, 0.25) is 0 Å². The Morgan fingerprint density at radius 2 is 2.11 bits per heavy atom. The first-order chi connectivity index (χ1) is 9.16. The molecule has 19 heavy (non-hydrogen) atoms. The topological polar surface area (TPSA) is 75.6 Å². The van der Waals surface area contributed by atoms with Crippen LogP contribution in [0.4, 0.5) is 5.69 Å². The van der Waals surface area contributed by atoms with Gasteiger partial charge in [-0.1, -0.05) is 18.2 Å². The highest BCUT2D eigenvalue weighted by atomic mass is 16.5. The van der Waals surface area contributed by atoms with Gasteiger partial charge in [0.25, 0.3) is 5.91 Å². The monoisotopic (exact) mass is 263 g/mol. The molecule has 5 nitrogen and oxygen atoms in total. The van der Waals surface area contributed by atoms with Crippen molar-refractivity contribution in [3.05, 3.63) is 29.8 Å². The average molecular weight is 263 g/mol. The molecule has 2 N–H and O–H groups in total. The maximum atomic E-state index is 12.0. The second-order valence-corrected chi connectivity index (χ2v) is 4.57. The maximum absolute atomic E-state index is 12.0. The van der Waals surface area contributed by atoms with Crippen molar-refractivity contribution in [1.82, 2.24) is 0 Å². The van der Waals surface area contributed by atoms with Gasteiger partial charge in [-0.25, -0.2) is 0 Å². The van der Waals surface area contributed by atoms with Crippen LogP contribution in [-0.2, 0) is 20.7 Å². The molecule has 0 aromatic heterocycles. The lowest BCUT2D eigenvalue weighted by atomic mass is 10.1. The lowest BCUT2D eigenvalue weighted by Crippen LogP contribution is -2.33. The third-order valence-corrected chi connectivity index (χ3v) is 3.09. The van der Waals surface area contributed by atoms with Gasteiger partial charge in [-0.3, -0.25) is 9.59 Å². The summed E-state index contributed by atoms with van der Waals surface area (Å²) in [5.41, 5.74) is 1.14. The molecule has 1 saturated heterocycles. The number of aliphatic carboxylic acids is 1. The Balaban J connectivity index is 2.05. The fraction of sp³-hybridized carbons (Fsp3) is 0.429. The van der Waals surface area contributed by atoms with E-state index in [0.29, 0.717) is 24.3 Å². The van der Waals surface area contributed by atoms with Crippen LogP contribution in [0.1, 0.15) is 24.8 Å². The first kappa shape index (κ1) is 13.5. The number of ether oxygens (including phenoxy) is 1. The Morgan fingerprint density at radius 3 is 2.79 bits per heavy atom. The normalized spacial score (nSPS) is 18.8. The van der Waals surface area contributed by atoms with Gasteiger partial charge in [0, 0.05) is 12.3 Å². The number of carbonyl (C=O) groups excluding carboxylic acids is 1. The Morgan fingerprint density at radius 1 is 1.32 bits per heavy atom. The minimum absolute atomic E-state index is 0.109. The van der Waals surface area contributed by atoms with Crippen molar-refractivity contribution in [3.8, 4) is 0 Å². The van der Waals surface area contributed by atoms with E-state index in [1.807, 2.05) is 0 Å². The summed E-state index contributed by atoms with van der Waals surface area (Å²) in [7, 11) is 0. The molecular formula is C14H17NO4. The van der Waals surface area contributed by atoms with E-state index >= 15 is 0 Å². The molecule has 1 heterocycles. The molecule has 0 aliphatic carbocycles. The predicted octanol–water partition coefficient (Wildman–Crippen LogP) is 1.82. The Hall–Kier alpha value is -1.88. The number of benzene rings is 1. The number of nitrogens with one attached hydrogen (secondary N) is 1. The van der Waals surface area contributed by atoms with Crippen LogP contribution in [0.5, 0.6) is 0 Å². The van der Waals surface area contributed by atoms with Crippen LogP contribution in [-0.4, -0.2) is 29.7 Å². The fourth-order valence-corrected chi connectivity index (χ4v) is 2.12. The molecule has 1 aromatic rings. The van der Waals surface area contributed by atoms with Crippen molar-refractivity contribution < 1.29 is 19.4 Å². The van der Waals surface area contributed by atoms with Crippen LogP contribution < -0.4 is 5.32 Å². The number of carboxylic acid groups (broad SMARTS) is 1. The van der Waals surface area contributed by atoms with Gasteiger partial charge >= 0.3 is 5.97 Å². The third-order valence-electron chi connectivity index (χ3n) is 3.09. The van der Waals surface area contributed by atoms with E-state index in [4.69, 9.17) is 9.84 Å². The lowest BCUT2D eigenvalue weighted by molar-refractivity contribution is -0.136. The second kappa shape index (κ2) is 6.33. The molecule has 0 saturated carbocycles. The van der Waals surface area contributed by atoms with Gasteiger partial charge in [-0.15, -0.1) is 0 Å². The lowest BCUT2D eigenvalue weighted by Gasteiger charge is -2.22. The summed E-state index contributed by atoms with van der Waals surface area (Å²) in [6, 6.07) is 6.93. The van der Waals surface area contributed by atoms with E-state index < -0.39 is 12.1 Å². The molecule has 1 aromatic carbocycles. The van der Waals surface area contributed by atoms with Gasteiger partial charge in [-0.05, 0) is 30.9 Å². The molecule has 1 fully saturated rings. The summed E-state index contributed by atoms with van der Waals surface area (Å²) in [5, 5.41) is 11.6. The molecule has 102 valence electrons. The minimum Gasteiger partial charge on any atom is -0.481 e. The molecule has 1 unspecified atom stereocenters. The van der Waals surface area contributed by atoms with E-state index in [-0.39, 0.29) is 12.3 Å². The predicted molar refractivity (Wildman–Crippen MR) is 70.0 cm³/mol. The molecule has 0 radical (unpaired) electrons. The minimum atomic E-state index is -0.921. The standard InChI is InChI=1S/C14H17NO4/c16-13(17)9-10-5-1-2-6-11(10)15-14(18)12-7-3-4-8-19-12/h1-2,5-6,12H,3-4,7-9H2,(H,15,18)(H,16,17). The molecule has 1 aliphatic rings. The Bertz CT molecular complexity index is 466. The van der Waals surface area contributed by atoms with E-state index in [1.54, 1.807) is 24.3 Å². The molecule has 0 bridgehead atoms. The van der Waals surface area contributed by atoms with Crippen LogP contribution in [0, 0.1) is 0 Å². The van der Waals surface area contributed by atoms with Crippen LogP contribution in [0.25, 0.3) is 0 Å². The van der Waals surface area contributed by atoms with Crippen molar-refractivity contribution >= 4 is 17.6 Å². The summed E-state index contributed by atoms with van der Waals surface area (Å²) >= 11 is 0. The second-order valence-electron chi connectivity index (χ2n) is 4.57. The number of anilines is 1. The van der Waals surface area contributed by atoms with E-state index in [1.165, 1.54) is 0 Å². The molecular weight excluding hydrogens is 246 g/mol. The molecule has 1 atom stereocenters. The first-order valence-electron chi connectivity index (χ1n) is 6.39. The number of para-hydroxylation sites is 1. The van der Waals surface area contributed by atoms with Gasteiger partial charge in [0.15, 0.2) is 0 Å². The van der Waals surface area contributed by atoms with Crippen molar-refractivity contribution in [3.63, 3.8) is 0 Å². The zero-order chi connectivity index (χ0) is 13.7. The summed E-state index contributed by atoms with van der Waals surface area (Å²) in [5.74, 6) is -1.12. The van der Waals surface area contributed by atoms with Crippen LogP contribution in [0.3, 0.4) is 0 Å². The van der Waals surface area contributed by atoms with Gasteiger partial charge in [-0.2, -0.15) is 0 Å². The zero-order valence-corrected chi connectivity index (χ0v) is 10.6. The number of hydrogen-bond donors (Lipinski definition) is 2. The van der Waals surface area contributed by atoms with Crippen molar-refractivity contribution in [1.29, 1.82) is 0 Å². The largest absolute Gasteiger partial charge is 0.481 e. The third kappa shape index (κ3) is 3.79. The summed E-state index contributed by atoms with van der Waals surface area (Å²) in [6.45, 7) is 0.606. The Labute approximate surface area is 111 Å². The molecule has 0 spiro atoms. The number of carbonyl (C=O) groups is 2. The van der Waals surface area contributed by atoms with E-state index in [9.17, 15) is 9.59 Å². The maximum Gasteiger partial charge on any atom is 0.307 e. The molecule has 1 amide bonds. The average Bonchev–Trinajstić information content (AvgIpc) is 2.41. The number of carboxylic acids is 1. The van der Waals surface area contributed by atoms with E-state index in [2.05, 4.69) is 5.32 Å². The highest BCUT2D eigenvalue weighted by Gasteiger charge is 2.22. The smallest absolute Gasteiger partial charge is 0.307 e. The zero-order valence-electron chi connectivity index (χ0n) is 10.6. The van der Waals surface area contributed by atoms with Gasteiger partial charge in [0.1, 0.15) is 6.10 Å². The van der Waals surface area contributed by atoms with Gasteiger partial charge in [0.2, 0.25) is 0 Å². The van der Waals surface area contributed by atoms with Crippen LogP contribution in [0.15, 0.2) is 24.3 Å². The summed E-state index contributed by atoms with van der Waals surface area (Å²) in [4.78, 5) is 22.8. The molecule has 5 heteroatoms. The highest BCUT2D eigenvalue weighted by molar-refractivity contribution is 5.95. The highest BCUT2D eigenvalue weighted by Crippen LogP contribution is 2.19. The van der Waals surface area contributed by atoms with Gasteiger partial charge in [0.05, 0.1) is 6.42 Å². The van der Waals surface area contributed by atoms with Crippen molar-refractivity contribution in [2.24, 2.45) is 0 Å². The van der Waals surface area contributed by atoms with Crippen molar-refractivity contribution in [2.45, 2.75) is 31.8 Å². The quantitative estimate of drug-likeness (QED) is 0.868. The summed E-state index contributed by atoms with van der Waals surface area (Å²) < 4.78 is 5.40. The number of amides is 1.